The Kier molecular flexibility index (Phi) is 8.33. The molecular weight excluding hydrogens is 514 g/mol. The maximum Gasteiger partial charge on any atom is 0.416 e. The van der Waals surface area contributed by atoms with Crippen molar-refractivity contribution in [3.8, 4) is 11.8 Å². The van der Waals surface area contributed by atoms with E-state index in [9.17, 15) is 18.0 Å². The van der Waals surface area contributed by atoms with Crippen molar-refractivity contribution in [1.29, 1.82) is 5.26 Å². The normalized spacial score (nSPS) is 11.3. The van der Waals surface area contributed by atoms with E-state index in [1.165, 1.54) is 30.5 Å². The van der Waals surface area contributed by atoms with Gasteiger partial charge in [0.2, 0.25) is 5.91 Å². The average molecular weight is 528 g/mol. The van der Waals surface area contributed by atoms with Gasteiger partial charge >= 0.3 is 6.18 Å². The molecule has 0 bridgehead atoms. The molecule has 0 atom stereocenters. The number of hydrogen-bond donors (Lipinski definition) is 2. The van der Waals surface area contributed by atoms with Crippen LogP contribution in [0.25, 0.3) is 0 Å². The lowest BCUT2D eigenvalue weighted by molar-refractivity contribution is -0.137. The van der Waals surface area contributed by atoms with Crippen LogP contribution in [0.3, 0.4) is 0 Å². The first-order chi connectivity index (χ1) is 16.2. The first-order valence-corrected chi connectivity index (χ1v) is 11.0. The van der Waals surface area contributed by atoms with Gasteiger partial charge in [-0.05, 0) is 35.9 Å². The maximum absolute atomic E-state index is 12.8. The highest BCUT2D eigenvalue weighted by molar-refractivity contribution is 7.13. The SMILES string of the molecule is N#CCOc1c(Cl)cc(/C=N\NC(=O)Cc2csc(Nc3cccc(C(F)(F)F)c3)n2)cc1Cl. The van der Waals surface area contributed by atoms with Gasteiger partial charge in [-0.15, -0.1) is 11.3 Å². The first-order valence-electron chi connectivity index (χ1n) is 9.35. The van der Waals surface area contributed by atoms with Gasteiger partial charge in [0.05, 0.1) is 33.9 Å². The molecule has 0 aliphatic heterocycles. The van der Waals surface area contributed by atoms with Gasteiger partial charge in [-0.1, -0.05) is 29.3 Å². The fourth-order valence-corrected chi connectivity index (χ4v) is 3.97. The molecule has 176 valence electrons. The van der Waals surface area contributed by atoms with Gasteiger partial charge in [0.15, 0.2) is 17.5 Å². The number of nitriles is 1. The van der Waals surface area contributed by atoms with E-state index in [2.05, 4.69) is 20.8 Å². The van der Waals surface area contributed by atoms with E-state index < -0.39 is 17.6 Å². The minimum atomic E-state index is -4.45. The summed E-state index contributed by atoms with van der Waals surface area (Å²) in [6.45, 7) is -0.212. The van der Waals surface area contributed by atoms with Crippen LogP contribution >= 0.6 is 34.5 Å². The van der Waals surface area contributed by atoms with Gasteiger partial charge in [0.1, 0.15) is 6.07 Å². The highest BCUT2D eigenvalue weighted by Crippen LogP contribution is 2.34. The number of anilines is 2. The molecule has 1 amide bonds. The third-order valence-electron chi connectivity index (χ3n) is 4.04. The number of hydrogen-bond acceptors (Lipinski definition) is 7. The fraction of sp³-hybridized carbons (Fsp3) is 0.143. The molecule has 13 heteroatoms. The number of rotatable bonds is 8. The number of carbonyl (C=O) groups is 1. The molecule has 0 fully saturated rings. The van der Waals surface area contributed by atoms with E-state index in [0.717, 1.165) is 23.5 Å². The van der Waals surface area contributed by atoms with Gasteiger partial charge in [0.25, 0.3) is 0 Å². The van der Waals surface area contributed by atoms with Crippen molar-refractivity contribution < 1.29 is 22.7 Å². The van der Waals surface area contributed by atoms with Gasteiger partial charge in [0, 0.05) is 11.1 Å². The predicted molar refractivity (Wildman–Crippen MR) is 124 cm³/mol. The number of carbonyl (C=O) groups excluding carboxylic acids is 1. The largest absolute Gasteiger partial charge is 0.476 e. The number of aromatic nitrogens is 1. The van der Waals surface area contributed by atoms with Gasteiger partial charge < -0.3 is 10.1 Å². The lowest BCUT2D eigenvalue weighted by atomic mass is 10.2. The summed E-state index contributed by atoms with van der Waals surface area (Å²) in [7, 11) is 0. The van der Waals surface area contributed by atoms with Crippen molar-refractivity contribution in [3.05, 3.63) is 68.6 Å². The number of halogens is 5. The third kappa shape index (κ3) is 7.08. The number of ether oxygens (including phenoxy) is 1. The molecule has 0 aliphatic rings. The molecule has 2 N–H and O–H groups in total. The molecule has 1 aromatic heterocycles. The van der Waals surface area contributed by atoms with Gasteiger partial charge in [-0.2, -0.15) is 23.5 Å². The Morgan fingerprint density at radius 3 is 2.68 bits per heavy atom. The van der Waals surface area contributed by atoms with Crippen molar-refractivity contribution in [1.82, 2.24) is 10.4 Å². The molecule has 34 heavy (non-hydrogen) atoms. The molecule has 1 heterocycles. The van der Waals surface area contributed by atoms with Crippen LogP contribution in [0.1, 0.15) is 16.8 Å². The van der Waals surface area contributed by atoms with Gasteiger partial charge in [-0.3, -0.25) is 4.79 Å². The van der Waals surface area contributed by atoms with Crippen molar-refractivity contribution in [2.45, 2.75) is 12.6 Å². The molecule has 7 nitrogen and oxygen atoms in total. The Bertz CT molecular complexity index is 1230. The minimum Gasteiger partial charge on any atom is -0.476 e. The molecule has 0 aliphatic carbocycles. The van der Waals surface area contributed by atoms with Crippen LogP contribution in [0.15, 0.2) is 46.9 Å². The number of hydrazone groups is 1. The number of amides is 1. The zero-order valence-electron chi connectivity index (χ0n) is 17.0. The molecule has 0 saturated heterocycles. The molecule has 0 radical (unpaired) electrons. The number of nitrogens with one attached hydrogen (secondary N) is 2. The monoisotopic (exact) mass is 527 g/mol. The number of thiazole rings is 1. The van der Waals surface area contributed by atoms with Crippen molar-refractivity contribution in [2.75, 3.05) is 11.9 Å². The highest BCUT2D eigenvalue weighted by atomic mass is 35.5. The summed E-state index contributed by atoms with van der Waals surface area (Å²) in [6.07, 6.45) is -3.22. The van der Waals surface area contributed by atoms with Crippen LogP contribution in [0.4, 0.5) is 24.0 Å². The maximum atomic E-state index is 12.8. The summed E-state index contributed by atoms with van der Waals surface area (Å²) in [5.41, 5.74) is 2.69. The Balaban J connectivity index is 1.55. The average Bonchev–Trinajstić information content (AvgIpc) is 3.19. The summed E-state index contributed by atoms with van der Waals surface area (Å²) in [5.74, 6) is -0.289. The topological polar surface area (TPSA) is 99.4 Å². The van der Waals surface area contributed by atoms with E-state index >= 15 is 0 Å². The third-order valence-corrected chi connectivity index (χ3v) is 5.41. The van der Waals surface area contributed by atoms with E-state index in [1.807, 2.05) is 6.07 Å². The summed E-state index contributed by atoms with van der Waals surface area (Å²) in [4.78, 5) is 16.3. The molecule has 2 aromatic carbocycles. The fourth-order valence-electron chi connectivity index (χ4n) is 2.62. The summed E-state index contributed by atoms with van der Waals surface area (Å²) < 4.78 is 43.7. The Hall–Kier alpha value is -3.33. The van der Waals surface area contributed by atoms with Gasteiger partial charge in [-0.25, -0.2) is 10.4 Å². The van der Waals surface area contributed by atoms with Crippen LogP contribution in [-0.2, 0) is 17.4 Å². The van der Waals surface area contributed by atoms with Crippen molar-refractivity contribution >= 4 is 57.5 Å². The quantitative estimate of drug-likeness (QED) is 0.284. The van der Waals surface area contributed by atoms with Crippen LogP contribution in [0, 0.1) is 11.3 Å². The lowest BCUT2D eigenvalue weighted by Gasteiger charge is -2.08. The molecular formula is C21H14Cl2F3N5O2S. The molecule has 0 spiro atoms. The Labute approximate surface area is 205 Å². The second kappa shape index (κ2) is 11.2. The summed E-state index contributed by atoms with van der Waals surface area (Å²) in [5, 5.41) is 17.5. The van der Waals surface area contributed by atoms with Crippen molar-refractivity contribution in [3.63, 3.8) is 0 Å². The smallest absolute Gasteiger partial charge is 0.416 e. The summed E-state index contributed by atoms with van der Waals surface area (Å²) in [6, 6.07) is 9.54. The van der Waals surface area contributed by atoms with E-state index in [0.29, 0.717) is 16.4 Å². The zero-order chi connectivity index (χ0) is 24.7. The molecule has 3 rings (SSSR count). The van der Waals surface area contributed by atoms with Crippen LogP contribution in [-0.4, -0.2) is 23.7 Å². The van der Waals surface area contributed by atoms with Crippen LogP contribution in [0.2, 0.25) is 10.0 Å². The molecule has 3 aromatic rings. The number of alkyl halides is 3. The van der Waals surface area contributed by atoms with Crippen LogP contribution < -0.4 is 15.5 Å². The summed E-state index contributed by atoms with van der Waals surface area (Å²) >= 11 is 13.3. The Morgan fingerprint density at radius 2 is 2.00 bits per heavy atom. The highest BCUT2D eigenvalue weighted by Gasteiger charge is 2.30. The standard InChI is InChI=1S/C21H14Cl2F3N5O2S/c22-16-6-12(7-17(23)19(16)33-5-4-27)10-28-31-18(32)9-15-11-34-20(30-15)29-14-3-1-2-13(8-14)21(24,25)26/h1-3,6-8,10-11H,5,9H2,(H,29,30)(H,31,32)/b28-10-. The predicted octanol–water partition coefficient (Wildman–Crippen LogP) is 5.81. The number of nitrogens with zero attached hydrogens (tertiary/aromatic N) is 3. The molecule has 0 unspecified atom stereocenters. The Morgan fingerprint density at radius 1 is 1.26 bits per heavy atom. The lowest BCUT2D eigenvalue weighted by Crippen LogP contribution is -2.19. The van der Waals surface area contributed by atoms with E-state index in [4.69, 9.17) is 33.2 Å². The second-order valence-corrected chi connectivity index (χ2v) is 8.25. The first kappa shape index (κ1) is 25.3. The van der Waals surface area contributed by atoms with E-state index in [-0.39, 0.29) is 34.5 Å². The van der Waals surface area contributed by atoms with Crippen LogP contribution in [0.5, 0.6) is 5.75 Å². The van der Waals surface area contributed by atoms with E-state index in [1.54, 1.807) is 5.38 Å². The second-order valence-electron chi connectivity index (χ2n) is 6.58. The minimum absolute atomic E-state index is 0.0967. The zero-order valence-corrected chi connectivity index (χ0v) is 19.3. The van der Waals surface area contributed by atoms with Crippen molar-refractivity contribution in [2.24, 2.45) is 5.10 Å². The number of benzene rings is 2. The molecule has 0 saturated carbocycles.